The standard InChI is InChI=1S/C11H10BrCl2N5/c1-19(2)11-17-9(14)16-10(18-11)15-8-5-6(13)3-4-7(8)12/h3-5H,1-2H3,(H,15,16,17,18). The molecule has 0 unspecified atom stereocenters. The van der Waals surface area contributed by atoms with E-state index in [4.69, 9.17) is 23.2 Å². The normalized spacial score (nSPS) is 10.4. The van der Waals surface area contributed by atoms with E-state index in [-0.39, 0.29) is 5.28 Å². The Morgan fingerprint density at radius 2 is 1.89 bits per heavy atom. The first-order valence-corrected chi connectivity index (χ1v) is 6.81. The first kappa shape index (κ1) is 14.3. The second-order valence-electron chi connectivity index (χ2n) is 3.87. The molecular formula is C11H10BrCl2N5. The summed E-state index contributed by atoms with van der Waals surface area (Å²) in [6.07, 6.45) is 0. The SMILES string of the molecule is CN(C)c1nc(Cl)nc(Nc2cc(Cl)ccc2Br)n1. The minimum absolute atomic E-state index is 0.124. The molecule has 0 amide bonds. The molecule has 0 saturated heterocycles. The zero-order valence-corrected chi connectivity index (χ0v) is 13.3. The smallest absolute Gasteiger partial charge is 0.233 e. The fourth-order valence-corrected chi connectivity index (χ4v) is 1.98. The van der Waals surface area contributed by atoms with Crippen LogP contribution >= 0.6 is 39.1 Å². The van der Waals surface area contributed by atoms with Crippen LogP contribution in [-0.2, 0) is 0 Å². The summed E-state index contributed by atoms with van der Waals surface area (Å²) in [5.41, 5.74) is 0.750. The van der Waals surface area contributed by atoms with Crippen molar-refractivity contribution in [3.63, 3.8) is 0 Å². The van der Waals surface area contributed by atoms with E-state index in [2.05, 4.69) is 36.2 Å². The number of hydrogen-bond donors (Lipinski definition) is 1. The van der Waals surface area contributed by atoms with E-state index in [1.807, 2.05) is 20.2 Å². The highest BCUT2D eigenvalue weighted by molar-refractivity contribution is 9.10. The molecule has 0 radical (unpaired) electrons. The van der Waals surface area contributed by atoms with Gasteiger partial charge in [-0.3, -0.25) is 0 Å². The molecule has 1 aromatic heterocycles. The summed E-state index contributed by atoms with van der Waals surface area (Å²) in [5, 5.41) is 3.78. The molecule has 0 aliphatic carbocycles. The maximum Gasteiger partial charge on any atom is 0.233 e. The highest BCUT2D eigenvalue weighted by Crippen LogP contribution is 2.28. The van der Waals surface area contributed by atoms with E-state index in [1.54, 1.807) is 17.0 Å². The number of anilines is 3. The third-order valence-electron chi connectivity index (χ3n) is 2.17. The van der Waals surface area contributed by atoms with Crippen LogP contribution in [0, 0.1) is 0 Å². The summed E-state index contributed by atoms with van der Waals surface area (Å²) in [7, 11) is 3.65. The van der Waals surface area contributed by atoms with Crippen LogP contribution < -0.4 is 10.2 Å². The Kier molecular flexibility index (Phi) is 4.44. The Morgan fingerprint density at radius 3 is 2.58 bits per heavy atom. The second-order valence-corrected chi connectivity index (χ2v) is 5.50. The summed E-state index contributed by atoms with van der Waals surface area (Å²) in [6, 6.07) is 5.38. The first-order chi connectivity index (χ1) is 8.95. The maximum atomic E-state index is 5.95. The van der Waals surface area contributed by atoms with Crippen LogP contribution in [-0.4, -0.2) is 29.0 Å². The number of aromatic nitrogens is 3. The second kappa shape index (κ2) is 5.90. The van der Waals surface area contributed by atoms with Crippen LogP contribution in [0.2, 0.25) is 10.3 Å². The molecule has 2 rings (SSSR count). The molecule has 0 spiro atoms. The third-order valence-corrected chi connectivity index (χ3v) is 3.27. The van der Waals surface area contributed by atoms with Crippen LogP contribution in [0.15, 0.2) is 22.7 Å². The molecule has 0 bridgehead atoms. The van der Waals surface area contributed by atoms with E-state index < -0.39 is 0 Å². The topological polar surface area (TPSA) is 53.9 Å². The monoisotopic (exact) mass is 361 g/mol. The van der Waals surface area contributed by atoms with Gasteiger partial charge in [-0.1, -0.05) is 11.6 Å². The average Bonchev–Trinajstić information content (AvgIpc) is 2.33. The molecular weight excluding hydrogens is 353 g/mol. The highest BCUT2D eigenvalue weighted by atomic mass is 79.9. The zero-order valence-electron chi connectivity index (χ0n) is 10.2. The van der Waals surface area contributed by atoms with Crippen molar-refractivity contribution < 1.29 is 0 Å². The van der Waals surface area contributed by atoms with Gasteiger partial charge in [-0.25, -0.2) is 0 Å². The van der Waals surface area contributed by atoms with Crippen LogP contribution in [0.4, 0.5) is 17.6 Å². The van der Waals surface area contributed by atoms with Gasteiger partial charge in [-0.05, 0) is 45.7 Å². The number of benzene rings is 1. The van der Waals surface area contributed by atoms with Gasteiger partial charge in [0.2, 0.25) is 17.2 Å². The van der Waals surface area contributed by atoms with Crippen LogP contribution in [0.5, 0.6) is 0 Å². The largest absolute Gasteiger partial charge is 0.347 e. The lowest BCUT2D eigenvalue weighted by molar-refractivity contribution is 0.961. The van der Waals surface area contributed by atoms with E-state index in [9.17, 15) is 0 Å². The molecule has 1 heterocycles. The molecule has 5 nitrogen and oxygen atoms in total. The Balaban J connectivity index is 2.35. The predicted molar refractivity (Wildman–Crippen MR) is 81.6 cm³/mol. The first-order valence-electron chi connectivity index (χ1n) is 5.26. The molecule has 0 aliphatic heterocycles. The van der Waals surface area contributed by atoms with Gasteiger partial charge in [0.1, 0.15) is 0 Å². The van der Waals surface area contributed by atoms with Gasteiger partial charge in [-0.15, -0.1) is 0 Å². The summed E-state index contributed by atoms with van der Waals surface area (Å²) >= 11 is 15.2. The Bertz CT molecular complexity index is 606. The van der Waals surface area contributed by atoms with Crippen molar-refractivity contribution in [3.05, 3.63) is 33.0 Å². The van der Waals surface area contributed by atoms with Crippen molar-refractivity contribution in [2.24, 2.45) is 0 Å². The van der Waals surface area contributed by atoms with E-state index >= 15 is 0 Å². The summed E-state index contributed by atoms with van der Waals surface area (Å²) in [4.78, 5) is 14.0. The van der Waals surface area contributed by atoms with Gasteiger partial charge in [-0.2, -0.15) is 15.0 Å². The average molecular weight is 363 g/mol. The molecule has 0 atom stereocenters. The number of nitrogens with one attached hydrogen (secondary N) is 1. The van der Waals surface area contributed by atoms with Crippen molar-refractivity contribution >= 4 is 56.7 Å². The van der Waals surface area contributed by atoms with E-state index in [0.29, 0.717) is 16.9 Å². The van der Waals surface area contributed by atoms with Crippen LogP contribution in [0.25, 0.3) is 0 Å². The number of nitrogens with zero attached hydrogens (tertiary/aromatic N) is 4. The Hall–Kier alpha value is -1.11. The van der Waals surface area contributed by atoms with Gasteiger partial charge in [0.15, 0.2) is 0 Å². The van der Waals surface area contributed by atoms with Gasteiger partial charge in [0.25, 0.3) is 0 Å². The quantitative estimate of drug-likeness (QED) is 0.901. The van der Waals surface area contributed by atoms with Crippen LogP contribution in [0.3, 0.4) is 0 Å². The minimum Gasteiger partial charge on any atom is -0.347 e. The molecule has 0 saturated carbocycles. The number of halogens is 3. The number of hydrogen-bond acceptors (Lipinski definition) is 5. The van der Waals surface area contributed by atoms with Crippen molar-refractivity contribution in [2.45, 2.75) is 0 Å². The lowest BCUT2D eigenvalue weighted by Gasteiger charge is -2.12. The summed E-state index contributed by atoms with van der Waals surface area (Å²) < 4.78 is 0.847. The Labute approximate surface area is 129 Å². The van der Waals surface area contributed by atoms with Gasteiger partial charge >= 0.3 is 0 Å². The van der Waals surface area contributed by atoms with Gasteiger partial charge in [0, 0.05) is 23.6 Å². The molecule has 1 aromatic carbocycles. The Morgan fingerprint density at radius 1 is 1.16 bits per heavy atom. The molecule has 2 aromatic rings. The van der Waals surface area contributed by atoms with Crippen molar-refractivity contribution in [2.75, 3.05) is 24.3 Å². The lowest BCUT2D eigenvalue weighted by atomic mass is 10.3. The predicted octanol–water partition coefficient (Wildman–Crippen LogP) is 3.75. The fraction of sp³-hybridized carbons (Fsp3) is 0.182. The molecule has 0 fully saturated rings. The van der Waals surface area contributed by atoms with E-state index in [0.717, 1.165) is 10.2 Å². The summed E-state index contributed by atoms with van der Waals surface area (Å²) in [6.45, 7) is 0. The minimum atomic E-state index is 0.124. The zero-order chi connectivity index (χ0) is 14.0. The molecule has 1 N–H and O–H groups in total. The molecule has 100 valence electrons. The van der Waals surface area contributed by atoms with Crippen molar-refractivity contribution in [3.8, 4) is 0 Å². The maximum absolute atomic E-state index is 5.95. The highest BCUT2D eigenvalue weighted by Gasteiger charge is 2.08. The van der Waals surface area contributed by atoms with Crippen LogP contribution in [0.1, 0.15) is 0 Å². The lowest BCUT2D eigenvalue weighted by Crippen LogP contribution is -2.14. The third kappa shape index (κ3) is 3.68. The number of rotatable bonds is 3. The van der Waals surface area contributed by atoms with Crippen molar-refractivity contribution in [1.29, 1.82) is 0 Å². The molecule has 19 heavy (non-hydrogen) atoms. The fourth-order valence-electron chi connectivity index (χ4n) is 1.31. The van der Waals surface area contributed by atoms with Gasteiger partial charge in [0.05, 0.1) is 5.69 Å². The summed E-state index contributed by atoms with van der Waals surface area (Å²) in [5.74, 6) is 0.826. The van der Waals surface area contributed by atoms with Gasteiger partial charge < -0.3 is 10.2 Å². The molecule has 8 heteroatoms. The van der Waals surface area contributed by atoms with Crippen molar-refractivity contribution in [1.82, 2.24) is 15.0 Å². The molecule has 0 aliphatic rings. The van der Waals surface area contributed by atoms with E-state index in [1.165, 1.54) is 0 Å².